The summed E-state index contributed by atoms with van der Waals surface area (Å²) < 4.78 is 0. The van der Waals surface area contributed by atoms with Crippen LogP contribution >= 0.6 is 21.6 Å². The van der Waals surface area contributed by atoms with Crippen molar-refractivity contribution < 1.29 is 97.1 Å². The van der Waals surface area contributed by atoms with Gasteiger partial charge in [0.2, 0.25) is 82.7 Å². The van der Waals surface area contributed by atoms with Crippen LogP contribution in [0.4, 0.5) is 0 Å². The Morgan fingerprint density at radius 1 is 0.551 bits per heavy atom. The van der Waals surface area contributed by atoms with E-state index in [4.69, 9.17) is 39.2 Å². The van der Waals surface area contributed by atoms with Gasteiger partial charge in [0.1, 0.15) is 78.5 Å². The second-order valence-electron chi connectivity index (χ2n) is 27.8. The largest absolute Gasteiger partial charge is 0.481 e. The maximum atomic E-state index is 15.2. The van der Waals surface area contributed by atoms with Gasteiger partial charge in [-0.2, -0.15) is 0 Å². The molecule has 654 valence electrons. The number of rotatable bonds is 33. The molecule has 2 aromatic carbocycles. The van der Waals surface area contributed by atoms with E-state index in [9.17, 15) is 87.5 Å². The second-order valence-corrected chi connectivity index (χ2v) is 30.3. The number of nitrogens with zero attached hydrogens (tertiary/aromatic N) is 1. The van der Waals surface area contributed by atoms with E-state index < -0.39 is 247 Å². The number of benzene rings is 2. The first-order chi connectivity index (χ1) is 55.8. The molecule has 2 aromatic rings. The van der Waals surface area contributed by atoms with Crippen molar-refractivity contribution in [1.82, 2.24) is 90.0 Å². The number of aliphatic hydroxyl groups excluding tert-OH is 2. The Labute approximate surface area is 689 Å². The predicted molar refractivity (Wildman–Crippen MR) is 433 cm³/mol. The molecule has 1 fully saturated rings. The summed E-state index contributed by atoms with van der Waals surface area (Å²) in [6.45, 7) is 3.82. The van der Waals surface area contributed by atoms with E-state index in [1.165, 1.54) is 27.8 Å². The summed E-state index contributed by atoms with van der Waals surface area (Å²) in [6.07, 6.45) is -2.09. The van der Waals surface area contributed by atoms with Crippen LogP contribution in [0.1, 0.15) is 104 Å². The van der Waals surface area contributed by atoms with Crippen LogP contribution in [-0.2, 0) is 89.6 Å². The standard InChI is InChI=1S/C72H114N24O20S2/c1-7-37(3)55-66(112)90-47(30-54(101)102)61(107)87-44(23-16-26-81-71(76)77)59(105)95-56(38(4)8-2)67(113)93-50(64(110)89-46(28-40-18-11-9-12-19-40)60(106)88-45(69(115)116)24-17-27-82-72(78)79)36-118-117-35-49(92-62(108)48(34-98)91-57(103)42(73)33-97)63(109)85-39(5)68(114)96(6)51(29-41-20-13-10-14-21-41)65(111)84-31-52(99)83-32-53(100)86-43(58(104)94-55)22-15-25-80-70(74)75/h9-14,18-21,37-39,42-51,55-56,97-98H,7-8,15-17,22-36,73H2,1-6H3,(H,83,99)(H,84,111)(H,85,109)(H,86,100)(H,87,107)(H,88,106)(H,89,110)(H,90,112)(H,91,103)(H,92,108)(H,93,113)(H,94,104)(H,95,105)(H,101,102)(H,115,116)(H4,74,75,80)(H4,76,77,81)(H4,78,79,82)/t37-,38-,39+,42-,43-,44?,45-,46-,47-,48-,49-,50?,51-,55?,56-/m0/s1. The van der Waals surface area contributed by atoms with Gasteiger partial charge < -0.3 is 133 Å². The van der Waals surface area contributed by atoms with E-state index in [1.54, 1.807) is 74.5 Å². The van der Waals surface area contributed by atoms with Crippen molar-refractivity contribution in [2.45, 2.75) is 184 Å². The van der Waals surface area contributed by atoms with Crippen molar-refractivity contribution in [2.24, 2.45) is 34.8 Å². The maximum Gasteiger partial charge on any atom is 0.326 e. The van der Waals surface area contributed by atoms with Crippen LogP contribution < -0.4 is 108 Å². The summed E-state index contributed by atoms with van der Waals surface area (Å²) in [5.74, 6) is -22.2. The van der Waals surface area contributed by atoms with Gasteiger partial charge in [-0.1, -0.05) is 123 Å². The van der Waals surface area contributed by atoms with E-state index in [0.717, 1.165) is 26.5 Å². The van der Waals surface area contributed by atoms with Gasteiger partial charge in [-0.3, -0.25) is 88.1 Å². The Morgan fingerprint density at radius 2 is 1.04 bits per heavy atom. The number of amides is 14. The smallest absolute Gasteiger partial charge is 0.326 e. The number of nitrogens with one attached hydrogen (secondary N) is 19. The van der Waals surface area contributed by atoms with Gasteiger partial charge in [-0.25, -0.2) is 4.79 Å². The fourth-order valence-corrected chi connectivity index (χ4v) is 13.7. The first-order valence-electron chi connectivity index (χ1n) is 38.0. The van der Waals surface area contributed by atoms with E-state index in [1.807, 2.05) is 0 Å². The Kier molecular flexibility index (Phi) is 45.0. The zero-order valence-corrected chi connectivity index (χ0v) is 68.1. The summed E-state index contributed by atoms with van der Waals surface area (Å²) in [4.78, 5) is 227. The number of carbonyl (C=O) groups is 16. The van der Waals surface area contributed by atoms with Crippen molar-refractivity contribution in [2.75, 3.05) is 64.5 Å². The van der Waals surface area contributed by atoms with Crippen molar-refractivity contribution >= 4 is 134 Å². The second kappa shape index (κ2) is 52.8. The number of hydrogen-bond acceptors (Lipinski definition) is 24. The molecule has 3 rings (SSSR count). The molecule has 0 aromatic heterocycles. The molecule has 1 heterocycles. The van der Waals surface area contributed by atoms with Crippen LogP contribution in [-0.4, -0.2) is 281 Å². The van der Waals surface area contributed by atoms with Crippen LogP contribution in [0.5, 0.6) is 0 Å². The summed E-state index contributed by atoms with van der Waals surface area (Å²) >= 11 is 0. The van der Waals surface area contributed by atoms with Crippen molar-refractivity contribution in [1.29, 1.82) is 16.2 Å². The average molecular weight is 1700 g/mol. The molecule has 44 nitrogen and oxygen atoms in total. The monoisotopic (exact) mass is 1700 g/mol. The number of likely N-dealkylation sites (N-methyl/N-ethyl adjacent to an activating group) is 1. The molecule has 15 atom stereocenters. The first kappa shape index (κ1) is 101. The van der Waals surface area contributed by atoms with E-state index in [-0.39, 0.29) is 83.8 Å². The molecular formula is C72H114N24O20S2. The quantitative estimate of drug-likeness (QED) is 0.0137. The summed E-state index contributed by atoms with van der Waals surface area (Å²) in [7, 11) is 2.70. The third-order valence-corrected chi connectivity index (χ3v) is 20.9. The van der Waals surface area contributed by atoms with Gasteiger partial charge in [0.25, 0.3) is 0 Å². The molecule has 46 heteroatoms. The lowest BCUT2D eigenvalue weighted by atomic mass is 9.96. The fourth-order valence-electron chi connectivity index (χ4n) is 11.4. The molecule has 0 saturated carbocycles. The van der Waals surface area contributed by atoms with Gasteiger partial charge >= 0.3 is 11.9 Å². The van der Waals surface area contributed by atoms with E-state index in [0.29, 0.717) is 11.1 Å². The van der Waals surface area contributed by atoms with Crippen LogP contribution in [0.2, 0.25) is 0 Å². The van der Waals surface area contributed by atoms with Crippen LogP contribution in [0, 0.1) is 28.1 Å². The SMILES string of the molecule is CC[C@H](C)C1NC(=O)[C@H](CCCNC(=N)N)NC(=O)CNC(=O)CNC(=O)[C@H](Cc2ccccc2)N(C)C(=O)[C@@H](C)NC(=O)[C@@H](NC(=O)[C@H](CO)NC(=O)[C@@H](N)CO)CSSCC(C(=O)N[C@@H](Cc2ccccc2)C(=O)N[C@@H](CCCNC(=N)N)C(=O)O)NC(=O)[C@H]([C@@H](C)CC)NC(=O)C(CCCNC(=N)N)NC(=O)[C@H](CC(=O)O)NC1=O. The first-order valence-corrected chi connectivity index (χ1v) is 40.5. The summed E-state index contributed by atoms with van der Waals surface area (Å²) in [5.41, 5.74) is 23.0. The van der Waals surface area contributed by atoms with Crippen LogP contribution in [0.15, 0.2) is 60.7 Å². The Hall–Kier alpha value is -11.6. The summed E-state index contributed by atoms with van der Waals surface area (Å²) in [5, 5.41) is 103. The molecule has 118 heavy (non-hydrogen) atoms. The number of carbonyl (C=O) groups excluding carboxylic acids is 14. The molecular weight excluding hydrogens is 1590 g/mol. The molecule has 1 aliphatic rings. The molecule has 0 spiro atoms. The van der Waals surface area contributed by atoms with Crippen LogP contribution in [0.3, 0.4) is 0 Å². The van der Waals surface area contributed by atoms with Gasteiger partial charge in [-0.05, 0) is 68.4 Å². The van der Waals surface area contributed by atoms with Gasteiger partial charge in [0.05, 0.1) is 32.7 Å². The fraction of sp³-hybridized carbons (Fsp3) is 0.569. The molecule has 0 bridgehead atoms. The predicted octanol–water partition coefficient (Wildman–Crippen LogP) is -7.97. The topological polar surface area (TPSA) is 725 Å². The Balaban J connectivity index is 2.40. The highest BCUT2D eigenvalue weighted by molar-refractivity contribution is 8.76. The lowest BCUT2D eigenvalue weighted by molar-refractivity contribution is -0.142. The number of nitrogens with two attached hydrogens (primary N) is 4. The number of carboxylic acid groups (broad SMARTS) is 2. The van der Waals surface area contributed by atoms with Crippen molar-refractivity contribution in [3.8, 4) is 0 Å². The van der Waals surface area contributed by atoms with E-state index >= 15 is 9.59 Å². The molecule has 31 N–H and O–H groups in total. The van der Waals surface area contributed by atoms with Crippen molar-refractivity contribution in [3.05, 3.63) is 71.8 Å². The highest BCUT2D eigenvalue weighted by Gasteiger charge is 2.40. The third-order valence-electron chi connectivity index (χ3n) is 18.5. The molecule has 1 saturated heterocycles. The van der Waals surface area contributed by atoms with Gasteiger partial charge in [0.15, 0.2) is 17.9 Å². The minimum Gasteiger partial charge on any atom is -0.481 e. The lowest BCUT2D eigenvalue weighted by Crippen LogP contribution is -2.62. The average Bonchev–Trinajstić information content (AvgIpc) is 0.847. The zero-order valence-electron chi connectivity index (χ0n) is 66.5. The molecule has 3 unspecified atom stereocenters. The zero-order chi connectivity index (χ0) is 88.3. The number of guanidine groups is 3. The van der Waals surface area contributed by atoms with Gasteiger partial charge in [0, 0.05) is 51.0 Å². The minimum absolute atomic E-state index is 0.00735. The number of carboxylic acids is 2. The maximum absolute atomic E-state index is 15.2. The molecule has 1 aliphatic heterocycles. The summed E-state index contributed by atoms with van der Waals surface area (Å²) in [6, 6.07) is -5.50. The number of aliphatic carboxylic acids is 2. The number of hydrogen-bond donors (Lipinski definition) is 27. The van der Waals surface area contributed by atoms with Crippen LogP contribution in [0.25, 0.3) is 0 Å². The molecule has 0 aliphatic carbocycles. The Morgan fingerprint density at radius 3 is 1.56 bits per heavy atom. The van der Waals surface area contributed by atoms with Gasteiger partial charge in [-0.15, -0.1) is 0 Å². The minimum atomic E-state index is -2.03. The molecule has 14 amide bonds. The normalized spacial score (nSPS) is 21.9. The highest BCUT2D eigenvalue weighted by atomic mass is 33.1. The lowest BCUT2D eigenvalue weighted by Gasteiger charge is -2.30. The van der Waals surface area contributed by atoms with Crippen molar-refractivity contribution in [3.63, 3.8) is 0 Å². The highest BCUT2D eigenvalue weighted by Crippen LogP contribution is 2.25. The van der Waals surface area contributed by atoms with E-state index in [2.05, 4.69) is 85.1 Å². The molecule has 0 radical (unpaired) electrons. The third kappa shape index (κ3) is 36.7. The number of aliphatic hydroxyl groups is 2. The Bertz CT molecular complexity index is 3780.